The monoisotopic (exact) mass is 292 g/mol. The summed E-state index contributed by atoms with van der Waals surface area (Å²) in [7, 11) is 0. The van der Waals surface area contributed by atoms with Crippen LogP contribution < -0.4 is 0 Å². The van der Waals surface area contributed by atoms with Crippen LogP contribution in [0.1, 0.15) is 22.3 Å². The van der Waals surface area contributed by atoms with E-state index >= 15 is 0 Å². The van der Waals surface area contributed by atoms with E-state index in [0.29, 0.717) is 37.3 Å². The summed E-state index contributed by atoms with van der Waals surface area (Å²) in [5.74, 6) is -1.03. The van der Waals surface area contributed by atoms with E-state index in [4.69, 9.17) is 5.11 Å². The second kappa shape index (κ2) is 6.58. The molecule has 0 saturated carbocycles. The highest BCUT2D eigenvalue weighted by Crippen LogP contribution is 2.23. The molecule has 6 heteroatoms. The molecular formula is C15H20N2O4. The average molecular weight is 292 g/mol. The summed E-state index contributed by atoms with van der Waals surface area (Å²) < 4.78 is 0. The Hall–Kier alpha value is -2.08. The molecule has 2 rings (SSSR count). The van der Waals surface area contributed by atoms with Gasteiger partial charge in [0.2, 0.25) is 0 Å². The number of hydrogen-bond acceptors (Lipinski definition) is 4. The number of hydrogen-bond donors (Lipinski definition) is 2. The van der Waals surface area contributed by atoms with Gasteiger partial charge in [0.15, 0.2) is 0 Å². The van der Waals surface area contributed by atoms with Crippen molar-refractivity contribution in [2.45, 2.75) is 13.3 Å². The third-order valence-corrected chi connectivity index (χ3v) is 3.70. The summed E-state index contributed by atoms with van der Waals surface area (Å²) in [5.41, 5.74) is 0.977. The van der Waals surface area contributed by atoms with Gasteiger partial charge in [0.05, 0.1) is 12.1 Å². The molecule has 0 atom stereocenters. The van der Waals surface area contributed by atoms with Crippen molar-refractivity contribution in [1.29, 1.82) is 0 Å². The molecule has 1 amide bonds. The molecule has 0 unspecified atom stereocenters. The van der Waals surface area contributed by atoms with Crippen LogP contribution in [0.2, 0.25) is 0 Å². The first kappa shape index (κ1) is 15.3. The van der Waals surface area contributed by atoms with Gasteiger partial charge in [-0.2, -0.15) is 0 Å². The van der Waals surface area contributed by atoms with E-state index in [2.05, 4.69) is 0 Å². The number of carboxylic acids is 1. The smallest absolute Gasteiger partial charge is 0.317 e. The van der Waals surface area contributed by atoms with E-state index in [0.717, 1.165) is 6.42 Å². The highest BCUT2D eigenvalue weighted by Gasteiger charge is 2.23. The molecule has 1 aliphatic heterocycles. The third kappa shape index (κ3) is 3.72. The lowest BCUT2D eigenvalue weighted by Crippen LogP contribution is -2.36. The molecule has 114 valence electrons. The summed E-state index contributed by atoms with van der Waals surface area (Å²) in [5, 5.41) is 18.8. The number of carboxylic acid groups (broad SMARTS) is 1. The summed E-state index contributed by atoms with van der Waals surface area (Å²) in [6.07, 6.45) is 0.728. The molecule has 1 aromatic carbocycles. The number of benzene rings is 1. The first-order chi connectivity index (χ1) is 9.99. The van der Waals surface area contributed by atoms with E-state index in [1.54, 1.807) is 30.0 Å². The fourth-order valence-electron chi connectivity index (χ4n) is 2.53. The molecular weight excluding hydrogens is 272 g/mol. The second-order valence-electron chi connectivity index (χ2n) is 5.29. The van der Waals surface area contributed by atoms with Gasteiger partial charge in [-0.25, -0.2) is 0 Å². The van der Waals surface area contributed by atoms with E-state index in [1.165, 1.54) is 0 Å². The first-order valence-electron chi connectivity index (χ1n) is 7.01. The minimum atomic E-state index is -0.855. The molecule has 1 aromatic rings. The maximum Gasteiger partial charge on any atom is 0.317 e. The fraction of sp³-hybridized carbons (Fsp3) is 0.467. The number of carbonyl (C=O) groups is 2. The van der Waals surface area contributed by atoms with Crippen molar-refractivity contribution in [2.75, 3.05) is 32.7 Å². The normalized spacial score (nSPS) is 16.5. The number of para-hydroxylation sites is 1. The summed E-state index contributed by atoms with van der Waals surface area (Å²) in [6, 6.07) is 5.12. The van der Waals surface area contributed by atoms with Gasteiger partial charge >= 0.3 is 5.97 Å². The van der Waals surface area contributed by atoms with Crippen molar-refractivity contribution < 1.29 is 19.8 Å². The molecule has 1 heterocycles. The number of carbonyl (C=O) groups excluding carboxylic acids is 1. The molecule has 0 aliphatic carbocycles. The van der Waals surface area contributed by atoms with Gasteiger partial charge in [0.25, 0.3) is 5.91 Å². The largest absolute Gasteiger partial charge is 0.507 e. The van der Waals surface area contributed by atoms with Crippen LogP contribution in [0.4, 0.5) is 0 Å². The lowest BCUT2D eigenvalue weighted by molar-refractivity contribution is -0.138. The van der Waals surface area contributed by atoms with Crippen LogP contribution in [0, 0.1) is 6.92 Å². The molecule has 0 aromatic heterocycles. The minimum Gasteiger partial charge on any atom is -0.507 e. The van der Waals surface area contributed by atoms with E-state index in [-0.39, 0.29) is 18.2 Å². The molecule has 1 fully saturated rings. The molecule has 2 N–H and O–H groups in total. The number of aliphatic carboxylic acids is 1. The van der Waals surface area contributed by atoms with Crippen LogP contribution in [-0.2, 0) is 4.79 Å². The minimum absolute atomic E-state index is 0.00226. The summed E-state index contributed by atoms with van der Waals surface area (Å²) in [4.78, 5) is 26.7. The Kier molecular flexibility index (Phi) is 4.80. The molecule has 6 nitrogen and oxygen atoms in total. The Morgan fingerprint density at radius 1 is 1.19 bits per heavy atom. The van der Waals surface area contributed by atoms with Crippen LogP contribution in [0.3, 0.4) is 0 Å². The van der Waals surface area contributed by atoms with Gasteiger partial charge in [0.1, 0.15) is 5.75 Å². The number of phenolic OH excluding ortho intramolecular Hbond substituents is 1. The summed E-state index contributed by atoms with van der Waals surface area (Å²) >= 11 is 0. The van der Waals surface area contributed by atoms with Gasteiger partial charge in [-0.15, -0.1) is 0 Å². The molecule has 21 heavy (non-hydrogen) atoms. The number of phenols is 1. The number of aryl methyl sites for hydroxylation is 1. The van der Waals surface area contributed by atoms with Gasteiger partial charge in [-0.05, 0) is 25.0 Å². The predicted octanol–water partition coefficient (Wildman–Crippen LogP) is 0.933. The van der Waals surface area contributed by atoms with Crippen molar-refractivity contribution in [3.05, 3.63) is 29.3 Å². The van der Waals surface area contributed by atoms with Gasteiger partial charge in [-0.3, -0.25) is 14.5 Å². The maximum absolute atomic E-state index is 12.5. The number of amides is 1. The Morgan fingerprint density at radius 3 is 2.67 bits per heavy atom. The predicted molar refractivity (Wildman–Crippen MR) is 77.4 cm³/mol. The van der Waals surface area contributed by atoms with Crippen LogP contribution in [0.15, 0.2) is 18.2 Å². The average Bonchev–Trinajstić information content (AvgIpc) is 2.66. The van der Waals surface area contributed by atoms with Crippen LogP contribution in [-0.4, -0.2) is 64.6 Å². The van der Waals surface area contributed by atoms with Crippen molar-refractivity contribution in [3.8, 4) is 5.75 Å². The van der Waals surface area contributed by atoms with E-state index in [1.807, 2.05) is 4.90 Å². The maximum atomic E-state index is 12.5. The Balaban J connectivity index is 2.06. The SMILES string of the molecule is Cc1cccc(C(=O)N2CCCN(CC(=O)O)CC2)c1O. The van der Waals surface area contributed by atoms with Crippen molar-refractivity contribution in [3.63, 3.8) is 0 Å². The van der Waals surface area contributed by atoms with Crippen LogP contribution in [0.5, 0.6) is 5.75 Å². The van der Waals surface area contributed by atoms with Crippen molar-refractivity contribution in [1.82, 2.24) is 9.80 Å². The zero-order chi connectivity index (χ0) is 15.4. The first-order valence-corrected chi connectivity index (χ1v) is 7.01. The lowest BCUT2D eigenvalue weighted by atomic mass is 10.1. The number of aromatic hydroxyl groups is 1. The third-order valence-electron chi connectivity index (χ3n) is 3.70. The van der Waals surface area contributed by atoms with E-state index < -0.39 is 5.97 Å². The topological polar surface area (TPSA) is 81.1 Å². The molecule has 1 aliphatic rings. The van der Waals surface area contributed by atoms with Gasteiger partial charge in [-0.1, -0.05) is 12.1 Å². The lowest BCUT2D eigenvalue weighted by Gasteiger charge is -2.22. The second-order valence-corrected chi connectivity index (χ2v) is 5.29. The quantitative estimate of drug-likeness (QED) is 0.866. The number of rotatable bonds is 3. The van der Waals surface area contributed by atoms with Crippen molar-refractivity contribution >= 4 is 11.9 Å². The van der Waals surface area contributed by atoms with Crippen LogP contribution in [0.25, 0.3) is 0 Å². The Morgan fingerprint density at radius 2 is 1.95 bits per heavy atom. The zero-order valence-corrected chi connectivity index (χ0v) is 12.1. The zero-order valence-electron chi connectivity index (χ0n) is 12.1. The Bertz CT molecular complexity index is 544. The molecule has 1 saturated heterocycles. The van der Waals surface area contributed by atoms with E-state index in [9.17, 15) is 14.7 Å². The highest BCUT2D eigenvalue weighted by molar-refractivity contribution is 5.97. The standard InChI is InChI=1S/C15H20N2O4/c1-11-4-2-5-12(14(11)20)15(21)17-7-3-6-16(8-9-17)10-13(18)19/h2,4-5,20H,3,6-10H2,1H3,(H,18,19). The number of nitrogens with zero attached hydrogens (tertiary/aromatic N) is 2. The van der Waals surface area contributed by atoms with Crippen molar-refractivity contribution in [2.24, 2.45) is 0 Å². The fourth-order valence-corrected chi connectivity index (χ4v) is 2.53. The molecule has 0 bridgehead atoms. The van der Waals surface area contributed by atoms with Crippen LogP contribution >= 0.6 is 0 Å². The summed E-state index contributed by atoms with van der Waals surface area (Å²) in [6.45, 7) is 3.99. The molecule has 0 spiro atoms. The van der Waals surface area contributed by atoms with Gasteiger partial charge in [0, 0.05) is 26.2 Å². The highest BCUT2D eigenvalue weighted by atomic mass is 16.4. The Labute approximate surface area is 123 Å². The molecule has 0 radical (unpaired) electrons. The van der Waals surface area contributed by atoms with Gasteiger partial charge < -0.3 is 15.1 Å².